The van der Waals surface area contributed by atoms with Gasteiger partial charge in [-0.05, 0) is 62.4 Å². The number of phenolic OH excluding ortho intramolecular Hbond substituents is 2. The maximum absolute atomic E-state index is 12.4. The normalized spacial score (nSPS) is 11.7. The molecular formula is C18H16O4. The molecule has 2 N–H and O–H groups in total. The van der Waals surface area contributed by atoms with Crippen molar-refractivity contribution in [2.45, 2.75) is 13.8 Å². The van der Waals surface area contributed by atoms with Crippen LogP contribution in [0.3, 0.4) is 0 Å². The van der Waals surface area contributed by atoms with Gasteiger partial charge in [0.1, 0.15) is 11.5 Å². The molecule has 2 aromatic rings. The van der Waals surface area contributed by atoms with Crippen LogP contribution in [0.25, 0.3) is 0 Å². The van der Waals surface area contributed by atoms with Gasteiger partial charge in [-0.2, -0.15) is 0 Å². The minimum Gasteiger partial charge on any atom is -0.508 e. The number of Topliss-reactive ketones (excluding diaryl/α,β-unsaturated/α-hetero) is 2. The highest BCUT2D eigenvalue weighted by Crippen LogP contribution is 2.19. The minimum absolute atomic E-state index is 0.0788. The smallest absolute Gasteiger partial charge is 0.189 e. The first-order valence-electron chi connectivity index (χ1n) is 6.75. The summed E-state index contributed by atoms with van der Waals surface area (Å²) < 4.78 is 0. The van der Waals surface area contributed by atoms with Crippen molar-refractivity contribution in [1.29, 1.82) is 0 Å². The van der Waals surface area contributed by atoms with Crippen LogP contribution < -0.4 is 0 Å². The lowest BCUT2D eigenvalue weighted by Gasteiger charge is -2.07. The van der Waals surface area contributed by atoms with Crippen molar-refractivity contribution < 1.29 is 19.8 Å². The molecule has 0 aliphatic carbocycles. The predicted octanol–water partition coefficient (Wildman–Crippen LogP) is 3.50. The molecule has 0 spiro atoms. The molecule has 0 atom stereocenters. The Morgan fingerprint density at radius 3 is 1.18 bits per heavy atom. The zero-order valence-corrected chi connectivity index (χ0v) is 12.3. The van der Waals surface area contributed by atoms with Crippen molar-refractivity contribution in [2.24, 2.45) is 0 Å². The number of allylic oxidation sites excluding steroid dienone is 2. The minimum atomic E-state index is -0.260. The second-order valence-electron chi connectivity index (χ2n) is 5.00. The van der Waals surface area contributed by atoms with E-state index >= 15 is 0 Å². The van der Waals surface area contributed by atoms with Gasteiger partial charge >= 0.3 is 0 Å². The van der Waals surface area contributed by atoms with E-state index in [1.807, 2.05) is 0 Å². The Labute approximate surface area is 128 Å². The first kappa shape index (κ1) is 15.5. The molecular weight excluding hydrogens is 280 g/mol. The SMILES string of the molecule is C/C(C(=O)c1ccc(O)cc1)=C(\C)C(=O)c1ccc(O)cc1. The molecule has 0 radical (unpaired) electrons. The van der Waals surface area contributed by atoms with Crippen LogP contribution in [0, 0.1) is 0 Å². The van der Waals surface area contributed by atoms with E-state index in [9.17, 15) is 19.8 Å². The summed E-state index contributed by atoms with van der Waals surface area (Å²) in [5.41, 5.74) is 1.52. The highest BCUT2D eigenvalue weighted by Gasteiger charge is 2.16. The van der Waals surface area contributed by atoms with Crippen molar-refractivity contribution in [2.75, 3.05) is 0 Å². The average Bonchev–Trinajstić information content (AvgIpc) is 2.53. The van der Waals surface area contributed by atoms with Gasteiger partial charge < -0.3 is 10.2 Å². The number of phenols is 2. The quantitative estimate of drug-likeness (QED) is 0.669. The second kappa shape index (κ2) is 6.26. The highest BCUT2D eigenvalue weighted by atomic mass is 16.3. The summed E-state index contributed by atoms with van der Waals surface area (Å²) in [4.78, 5) is 24.7. The summed E-state index contributed by atoms with van der Waals surface area (Å²) in [6, 6.07) is 11.8. The van der Waals surface area contributed by atoms with Crippen LogP contribution in [0.2, 0.25) is 0 Å². The van der Waals surface area contributed by atoms with Crippen LogP contribution in [-0.2, 0) is 0 Å². The zero-order valence-electron chi connectivity index (χ0n) is 12.3. The van der Waals surface area contributed by atoms with Gasteiger partial charge in [0, 0.05) is 22.3 Å². The molecule has 22 heavy (non-hydrogen) atoms. The number of carbonyl (C=O) groups excluding carboxylic acids is 2. The fourth-order valence-corrected chi connectivity index (χ4v) is 2.00. The van der Waals surface area contributed by atoms with Crippen molar-refractivity contribution in [3.8, 4) is 11.5 Å². The van der Waals surface area contributed by atoms with Crippen LogP contribution in [0.4, 0.5) is 0 Å². The molecule has 112 valence electrons. The van der Waals surface area contributed by atoms with Gasteiger partial charge in [0.2, 0.25) is 0 Å². The Morgan fingerprint density at radius 1 is 0.636 bits per heavy atom. The van der Waals surface area contributed by atoms with Crippen LogP contribution in [0.1, 0.15) is 34.6 Å². The molecule has 0 saturated heterocycles. The Morgan fingerprint density at radius 2 is 0.909 bits per heavy atom. The van der Waals surface area contributed by atoms with Crippen LogP contribution in [0.15, 0.2) is 59.7 Å². The summed E-state index contributed by atoms with van der Waals surface area (Å²) in [7, 11) is 0. The number of hydrogen-bond acceptors (Lipinski definition) is 4. The fourth-order valence-electron chi connectivity index (χ4n) is 2.00. The van der Waals surface area contributed by atoms with Crippen LogP contribution >= 0.6 is 0 Å². The maximum Gasteiger partial charge on any atom is 0.189 e. The van der Waals surface area contributed by atoms with E-state index in [0.717, 1.165) is 0 Å². The van der Waals surface area contributed by atoms with Gasteiger partial charge in [-0.25, -0.2) is 0 Å². The summed E-state index contributed by atoms with van der Waals surface area (Å²) in [5.74, 6) is -0.362. The van der Waals surface area contributed by atoms with Crippen molar-refractivity contribution in [1.82, 2.24) is 0 Å². The lowest BCUT2D eigenvalue weighted by atomic mass is 9.95. The number of hydrogen-bond donors (Lipinski definition) is 2. The molecule has 0 amide bonds. The Hall–Kier alpha value is -2.88. The van der Waals surface area contributed by atoms with E-state index in [1.165, 1.54) is 48.5 Å². The monoisotopic (exact) mass is 296 g/mol. The van der Waals surface area contributed by atoms with Gasteiger partial charge in [0.25, 0.3) is 0 Å². The number of carbonyl (C=O) groups is 2. The van der Waals surface area contributed by atoms with Gasteiger partial charge in [0.05, 0.1) is 0 Å². The van der Waals surface area contributed by atoms with Crippen molar-refractivity contribution in [3.63, 3.8) is 0 Å². The van der Waals surface area contributed by atoms with Crippen LogP contribution in [-0.4, -0.2) is 21.8 Å². The van der Waals surface area contributed by atoms with Gasteiger partial charge in [0.15, 0.2) is 11.6 Å². The van der Waals surface area contributed by atoms with Crippen LogP contribution in [0.5, 0.6) is 11.5 Å². The first-order chi connectivity index (χ1) is 10.4. The molecule has 2 rings (SSSR count). The second-order valence-corrected chi connectivity index (χ2v) is 5.00. The number of aromatic hydroxyl groups is 2. The molecule has 4 nitrogen and oxygen atoms in total. The summed E-state index contributed by atoms with van der Waals surface area (Å²) in [5, 5.41) is 18.5. The molecule has 0 saturated carbocycles. The van der Waals surface area contributed by atoms with E-state index in [2.05, 4.69) is 0 Å². The largest absolute Gasteiger partial charge is 0.508 e. The Balaban J connectivity index is 2.31. The summed E-state index contributed by atoms with van der Waals surface area (Å²) in [6.45, 7) is 3.20. The predicted molar refractivity (Wildman–Crippen MR) is 83.2 cm³/mol. The van der Waals surface area contributed by atoms with E-state index in [4.69, 9.17) is 0 Å². The topological polar surface area (TPSA) is 74.6 Å². The highest BCUT2D eigenvalue weighted by molar-refractivity contribution is 6.17. The van der Waals surface area contributed by atoms with E-state index < -0.39 is 0 Å². The van der Waals surface area contributed by atoms with Gasteiger partial charge in [-0.3, -0.25) is 9.59 Å². The van der Waals surface area contributed by atoms with Crippen molar-refractivity contribution in [3.05, 3.63) is 70.8 Å². The molecule has 0 aliphatic heterocycles. The third-order valence-corrected chi connectivity index (χ3v) is 3.50. The molecule has 0 fully saturated rings. The Bertz CT molecular complexity index is 672. The summed E-state index contributed by atoms with van der Waals surface area (Å²) in [6.07, 6.45) is 0. The van der Waals surface area contributed by atoms with E-state index in [-0.39, 0.29) is 23.1 Å². The van der Waals surface area contributed by atoms with Gasteiger partial charge in [-0.15, -0.1) is 0 Å². The maximum atomic E-state index is 12.4. The molecule has 2 aromatic carbocycles. The number of ketones is 2. The van der Waals surface area contributed by atoms with E-state index in [0.29, 0.717) is 22.3 Å². The summed E-state index contributed by atoms with van der Waals surface area (Å²) >= 11 is 0. The zero-order chi connectivity index (χ0) is 16.3. The third-order valence-electron chi connectivity index (χ3n) is 3.50. The van der Waals surface area contributed by atoms with E-state index in [1.54, 1.807) is 13.8 Å². The lowest BCUT2D eigenvalue weighted by molar-refractivity contribution is 0.0999. The first-order valence-corrected chi connectivity index (χ1v) is 6.75. The molecule has 4 heteroatoms. The standard InChI is InChI=1S/C18H16O4/c1-11(17(21)13-3-7-15(19)8-4-13)12(2)18(22)14-5-9-16(20)10-6-14/h3-10,19-20H,1-2H3/b12-11-. The Kier molecular flexibility index (Phi) is 4.41. The average molecular weight is 296 g/mol. The lowest BCUT2D eigenvalue weighted by Crippen LogP contribution is -2.09. The third kappa shape index (κ3) is 3.23. The molecule has 0 heterocycles. The molecule has 0 aliphatic rings. The number of rotatable bonds is 4. The molecule has 0 unspecified atom stereocenters. The fraction of sp³-hybridized carbons (Fsp3) is 0.111. The molecule has 0 aromatic heterocycles. The van der Waals surface area contributed by atoms with Gasteiger partial charge in [-0.1, -0.05) is 0 Å². The van der Waals surface area contributed by atoms with Crippen molar-refractivity contribution >= 4 is 11.6 Å². The number of benzene rings is 2. The molecule has 0 bridgehead atoms.